The van der Waals surface area contributed by atoms with Gasteiger partial charge in [-0.3, -0.25) is 9.31 Å². The van der Waals surface area contributed by atoms with Crippen LogP contribution in [0.15, 0.2) is 4.90 Å². The molecule has 0 atom stereocenters. The van der Waals surface area contributed by atoms with Gasteiger partial charge in [0.1, 0.15) is 4.90 Å². The second-order valence-electron chi connectivity index (χ2n) is 5.05. The molecule has 7 nitrogen and oxygen atoms in total. The molecule has 120 valence electrons. The van der Waals surface area contributed by atoms with Crippen molar-refractivity contribution in [1.29, 1.82) is 0 Å². The summed E-state index contributed by atoms with van der Waals surface area (Å²) >= 11 is 0. The third-order valence-electron chi connectivity index (χ3n) is 3.42. The highest BCUT2D eigenvalue weighted by atomic mass is 32.2. The maximum atomic E-state index is 12.8. The Labute approximate surface area is 128 Å². The Bertz CT molecular complexity index is 602. The van der Waals surface area contributed by atoms with Crippen LogP contribution in [0, 0.1) is 6.92 Å². The van der Waals surface area contributed by atoms with E-state index in [-0.39, 0.29) is 4.90 Å². The molecule has 0 aliphatic carbocycles. The molecular formula is C12H22N4O3S2. The summed E-state index contributed by atoms with van der Waals surface area (Å²) in [6.07, 6.45) is 0.976. The monoisotopic (exact) mass is 334 g/mol. The van der Waals surface area contributed by atoms with E-state index >= 15 is 0 Å². The molecule has 9 heteroatoms. The molecule has 0 unspecified atom stereocenters. The first kappa shape index (κ1) is 16.6. The zero-order valence-corrected chi connectivity index (χ0v) is 14.0. The summed E-state index contributed by atoms with van der Waals surface area (Å²) < 4.78 is 38.3. The number of hydrogen-bond acceptors (Lipinski definition) is 5. The first-order valence-electron chi connectivity index (χ1n) is 7.06. The zero-order chi connectivity index (χ0) is 15.5. The molecule has 1 aromatic rings. The highest BCUT2D eigenvalue weighted by Gasteiger charge is 2.32. The third kappa shape index (κ3) is 3.71. The molecule has 1 fully saturated rings. The summed E-state index contributed by atoms with van der Waals surface area (Å²) in [5, 5.41) is 10.0. The quantitative estimate of drug-likeness (QED) is 0.713. The van der Waals surface area contributed by atoms with Crippen LogP contribution in [0.1, 0.15) is 24.7 Å². The Hall–Kier alpha value is -0.770. The molecule has 2 heterocycles. The standard InChI is InChI=1S/C12H22N4O3S2/c1-3-4-13-9-11-12(10(2)14-15-11)21(18,19)16-5-7-20(17)8-6-16/h13H,3-9H2,1-2H3,(H,14,15). The van der Waals surface area contributed by atoms with Crippen molar-refractivity contribution in [3.63, 3.8) is 0 Å². The maximum absolute atomic E-state index is 12.8. The van der Waals surface area contributed by atoms with Crippen molar-refractivity contribution in [1.82, 2.24) is 19.8 Å². The molecule has 1 saturated heterocycles. The van der Waals surface area contributed by atoms with E-state index in [0.717, 1.165) is 13.0 Å². The molecule has 0 saturated carbocycles. The molecule has 1 aromatic heterocycles. The summed E-state index contributed by atoms with van der Waals surface area (Å²) in [6, 6.07) is 0. The topological polar surface area (TPSA) is 95.2 Å². The predicted octanol–water partition coefficient (Wildman–Crippen LogP) is -0.0293. The summed E-state index contributed by atoms with van der Waals surface area (Å²) in [5.74, 6) is 0.805. The Kier molecular flexibility index (Phi) is 5.53. The number of nitrogens with zero attached hydrogens (tertiary/aromatic N) is 2. The van der Waals surface area contributed by atoms with Crippen LogP contribution < -0.4 is 5.32 Å². The lowest BCUT2D eigenvalue weighted by molar-refractivity contribution is 0.437. The molecule has 0 spiro atoms. The average molecular weight is 334 g/mol. The van der Waals surface area contributed by atoms with Crippen molar-refractivity contribution in [2.45, 2.75) is 31.7 Å². The minimum atomic E-state index is -3.58. The lowest BCUT2D eigenvalue weighted by Crippen LogP contribution is -2.42. The number of nitrogens with one attached hydrogen (secondary N) is 2. The molecule has 21 heavy (non-hydrogen) atoms. The second-order valence-corrected chi connectivity index (χ2v) is 8.62. The molecule has 1 aliphatic rings. The molecule has 0 aromatic carbocycles. The summed E-state index contributed by atoms with van der Waals surface area (Å²) in [4.78, 5) is 0.263. The van der Waals surface area contributed by atoms with Gasteiger partial charge in [-0.25, -0.2) is 8.42 Å². The molecule has 0 amide bonds. The molecule has 0 bridgehead atoms. The number of sulfonamides is 1. The van der Waals surface area contributed by atoms with Crippen LogP contribution in [0.5, 0.6) is 0 Å². The second kappa shape index (κ2) is 6.99. The van der Waals surface area contributed by atoms with Crippen molar-refractivity contribution >= 4 is 20.8 Å². The van der Waals surface area contributed by atoms with Crippen molar-refractivity contribution in [2.24, 2.45) is 0 Å². The maximum Gasteiger partial charge on any atom is 0.246 e. The van der Waals surface area contributed by atoms with E-state index in [1.165, 1.54) is 4.31 Å². The number of aryl methyl sites for hydroxylation is 1. The smallest absolute Gasteiger partial charge is 0.246 e. The predicted molar refractivity (Wildman–Crippen MR) is 82.0 cm³/mol. The Balaban J connectivity index is 2.23. The van der Waals surface area contributed by atoms with E-state index < -0.39 is 20.8 Å². The van der Waals surface area contributed by atoms with Gasteiger partial charge in [0, 0.05) is 41.9 Å². The fraction of sp³-hybridized carbons (Fsp3) is 0.750. The summed E-state index contributed by atoms with van der Waals surface area (Å²) in [7, 11) is -4.48. The van der Waals surface area contributed by atoms with Gasteiger partial charge in [-0.15, -0.1) is 0 Å². The first-order valence-corrected chi connectivity index (χ1v) is 9.99. The van der Waals surface area contributed by atoms with Crippen LogP contribution in [0.25, 0.3) is 0 Å². The van der Waals surface area contributed by atoms with Gasteiger partial charge < -0.3 is 5.32 Å². The fourth-order valence-electron chi connectivity index (χ4n) is 2.31. The summed E-state index contributed by atoms with van der Waals surface area (Å²) in [5.41, 5.74) is 1.07. The number of aromatic amines is 1. The van der Waals surface area contributed by atoms with Crippen molar-refractivity contribution in [2.75, 3.05) is 31.1 Å². The van der Waals surface area contributed by atoms with Gasteiger partial charge in [0.2, 0.25) is 10.0 Å². The highest BCUT2D eigenvalue weighted by molar-refractivity contribution is 7.89. The van der Waals surface area contributed by atoms with Crippen LogP contribution in [-0.4, -0.2) is 58.3 Å². The number of H-pyrrole nitrogens is 1. The number of aromatic nitrogens is 2. The van der Waals surface area contributed by atoms with Crippen LogP contribution in [0.4, 0.5) is 0 Å². The van der Waals surface area contributed by atoms with Crippen molar-refractivity contribution < 1.29 is 12.6 Å². The lowest BCUT2D eigenvalue weighted by atomic mass is 10.3. The van der Waals surface area contributed by atoms with Gasteiger partial charge in [0.05, 0.1) is 11.4 Å². The molecular weight excluding hydrogens is 312 g/mol. The molecule has 2 N–H and O–H groups in total. The third-order valence-corrected chi connectivity index (χ3v) is 6.79. The Morgan fingerprint density at radius 1 is 1.38 bits per heavy atom. The van der Waals surface area contributed by atoms with Crippen LogP contribution >= 0.6 is 0 Å². The van der Waals surface area contributed by atoms with E-state index in [1.54, 1.807) is 6.92 Å². The van der Waals surface area contributed by atoms with Gasteiger partial charge in [0.15, 0.2) is 0 Å². The number of rotatable bonds is 6. The number of hydrogen-bond donors (Lipinski definition) is 2. The zero-order valence-electron chi connectivity index (χ0n) is 12.4. The van der Waals surface area contributed by atoms with E-state index in [9.17, 15) is 12.6 Å². The van der Waals surface area contributed by atoms with Crippen LogP contribution in [-0.2, 0) is 27.4 Å². The molecule has 0 radical (unpaired) electrons. The molecule has 1 aliphatic heterocycles. The minimum absolute atomic E-state index is 0.263. The minimum Gasteiger partial charge on any atom is -0.311 e. The highest BCUT2D eigenvalue weighted by Crippen LogP contribution is 2.23. The van der Waals surface area contributed by atoms with Gasteiger partial charge in [-0.1, -0.05) is 6.92 Å². The van der Waals surface area contributed by atoms with Crippen LogP contribution in [0.2, 0.25) is 0 Å². The van der Waals surface area contributed by atoms with Crippen molar-refractivity contribution in [3.05, 3.63) is 11.4 Å². The van der Waals surface area contributed by atoms with Gasteiger partial charge >= 0.3 is 0 Å². The fourth-order valence-corrected chi connectivity index (χ4v) is 5.36. The Morgan fingerprint density at radius 2 is 2.05 bits per heavy atom. The van der Waals surface area contributed by atoms with E-state index in [4.69, 9.17) is 0 Å². The normalized spacial score (nSPS) is 18.2. The van der Waals surface area contributed by atoms with Crippen molar-refractivity contribution in [3.8, 4) is 0 Å². The van der Waals surface area contributed by atoms with Gasteiger partial charge in [0.25, 0.3) is 0 Å². The SMILES string of the molecule is CCCNCc1n[nH]c(C)c1S(=O)(=O)N1CCS(=O)CC1. The van der Waals surface area contributed by atoms with E-state index in [2.05, 4.69) is 15.5 Å². The lowest BCUT2D eigenvalue weighted by Gasteiger charge is -2.25. The average Bonchev–Trinajstić information content (AvgIpc) is 2.81. The van der Waals surface area contributed by atoms with E-state index in [1.807, 2.05) is 6.92 Å². The summed E-state index contributed by atoms with van der Waals surface area (Å²) in [6.45, 7) is 5.61. The molecule has 2 rings (SSSR count). The van der Waals surface area contributed by atoms with Gasteiger partial charge in [-0.2, -0.15) is 9.40 Å². The van der Waals surface area contributed by atoms with E-state index in [0.29, 0.717) is 42.5 Å². The largest absolute Gasteiger partial charge is 0.311 e. The van der Waals surface area contributed by atoms with Gasteiger partial charge in [-0.05, 0) is 19.9 Å². The Morgan fingerprint density at radius 3 is 2.67 bits per heavy atom. The first-order chi connectivity index (χ1) is 9.96. The van der Waals surface area contributed by atoms with Crippen LogP contribution in [0.3, 0.4) is 0 Å².